The van der Waals surface area contributed by atoms with Gasteiger partial charge in [-0.25, -0.2) is 9.97 Å². The molecule has 138 valence electrons. The van der Waals surface area contributed by atoms with E-state index in [1.165, 1.54) is 29.7 Å². The number of nitrogens with zero attached hydrogens (tertiary/aromatic N) is 3. The molecule has 2 atom stereocenters. The van der Waals surface area contributed by atoms with Gasteiger partial charge < -0.3 is 9.47 Å². The van der Waals surface area contributed by atoms with Gasteiger partial charge in [0.25, 0.3) is 0 Å². The lowest BCUT2D eigenvalue weighted by molar-refractivity contribution is 0.165. The second-order valence-corrected chi connectivity index (χ2v) is 7.59. The van der Waals surface area contributed by atoms with E-state index in [9.17, 15) is 0 Å². The van der Waals surface area contributed by atoms with Gasteiger partial charge in [0.1, 0.15) is 5.82 Å². The Balaban J connectivity index is 1.57. The average Bonchev–Trinajstić information content (AvgIpc) is 2.88. The summed E-state index contributed by atoms with van der Waals surface area (Å²) < 4.78 is 11.4. The van der Waals surface area contributed by atoms with E-state index in [4.69, 9.17) is 9.47 Å². The molecule has 0 aliphatic carbocycles. The lowest BCUT2D eigenvalue weighted by Crippen LogP contribution is -2.37. The molecule has 26 heavy (non-hydrogen) atoms. The van der Waals surface area contributed by atoms with Crippen LogP contribution in [0.5, 0.6) is 11.5 Å². The summed E-state index contributed by atoms with van der Waals surface area (Å²) in [6.07, 6.45) is 5.62. The molecular weight excluding hydrogens is 326 g/mol. The number of benzene rings is 1. The van der Waals surface area contributed by atoms with E-state index >= 15 is 0 Å². The quantitative estimate of drug-likeness (QED) is 0.817. The summed E-state index contributed by atoms with van der Waals surface area (Å²) in [4.78, 5) is 11.7. The van der Waals surface area contributed by atoms with Crippen molar-refractivity contribution in [3.8, 4) is 11.5 Å². The van der Waals surface area contributed by atoms with E-state index in [0.29, 0.717) is 12.1 Å². The van der Waals surface area contributed by atoms with Gasteiger partial charge in [0.2, 0.25) is 0 Å². The average molecular weight is 353 g/mol. The normalized spacial score (nSPS) is 21.7. The standard InChI is InChI=1S/C21H27N3O2/c1-13(2)26-20-8-5-15(9-21(20)25-4)12-24-16-6-7-19(24)17-11-22-14(3)23-18(17)10-16/h5,8-9,11,13,16,19H,6-7,10,12H2,1-4H3/t16-,19+/m1/s1. The smallest absolute Gasteiger partial charge is 0.161 e. The predicted molar refractivity (Wildman–Crippen MR) is 101 cm³/mol. The minimum Gasteiger partial charge on any atom is -0.493 e. The molecule has 0 saturated carbocycles. The van der Waals surface area contributed by atoms with Gasteiger partial charge in [-0.15, -0.1) is 0 Å². The van der Waals surface area contributed by atoms with Crippen molar-refractivity contribution in [2.24, 2.45) is 0 Å². The minimum absolute atomic E-state index is 0.132. The van der Waals surface area contributed by atoms with Gasteiger partial charge in [0.05, 0.1) is 18.9 Å². The fourth-order valence-electron chi connectivity index (χ4n) is 4.29. The third-order valence-electron chi connectivity index (χ3n) is 5.41. The Hall–Kier alpha value is -2.14. The van der Waals surface area contributed by atoms with Crippen LogP contribution in [0.1, 0.15) is 55.4 Å². The number of methoxy groups -OCH3 is 1. The van der Waals surface area contributed by atoms with Gasteiger partial charge >= 0.3 is 0 Å². The van der Waals surface area contributed by atoms with E-state index in [2.05, 4.69) is 27.0 Å². The van der Waals surface area contributed by atoms with Crippen molar-refractivity contribution < 1.29 is 9.47 Å². The van der Waals surface area contributed by atoms with Crippen LogP contribution in [0.15, 0.2) is 24.4 Å². The fraction of sp³-hybridized carbons (Fsp3) is 0.524. The number of rotatable bonds is 5. The first-order valence-electron chi connectivity index (χ1n) is 9.47. The van der Waals surface area contributed by atoms with Crippen LogP contribution in [0.3, 0.4) is 0 Å². The van der Waals surface area contributed by atoms with E-state index in [1.807, 2.05) is 33.0 Å². The highest BCUT2D eigenvalue weighted by molar-refractivity contribution is 5.43. The summed E-state index contributed by atoms with van der Waals surface area (Å²) in [5.41, 5.74) is 3.82. The molecule has 1 aromatic heterocycles. The number of ether oxygens (including phenoxy) is 2. The number of hydrogen-bond acceptors (Lipinski definition) is 5. The maximum absolute atomic E-state index is 5.84. The zero-order valence-corrected chi connectivity index (χ0v) is 16.0. The van der Waals surface area contributed by atoms with Gasteiger partial charge in [0.15, 0.2) is 11.5 Å². The molecular formula is C21H27N3O2. The topological polar surface area (TPSA) is 47.5 Å². The summed E-state index contributed by atoms with van der Waals surface area (Å²) >= 11 is 0. The maximum Gasteiger partial charge on any atom is 0.161 e. The lowest BCUT2D eigenvalue weighted by atomic mass is 9.98. The van der Waals surface area contributed by atoms with Crippen molar-refractivity contribution in [1.82, 2.24) is 14.9 Å². The number of fused-ring (bicyclic) bond motifs is 4. The van der Waals surface area contributed by atoms with E-state index in [1.54, 1.807) is 7.11 Å². The van der Waals surface area contributed by atoms with Crippen LogP contribution < -0.4 is 9.47 Å². The molecule has 2 bridgehead atoms. The summed E-state index contributed by atoms with van der Waals surface area (Å²) in [5, 5.41) is 0. The molecule has 2 aromatic rings. The second-order valence-electron chi connectivity index (χ2n) is 7.59. The van der Waals surface area contributed by atoms with Gasteiger partial charge in [-0.1, -0.05) is 6.07 Å². The van der Waals surface area contributed by atoms with Crippen LogP contribution in [0.25, 0.3) is 0 Å². The first kappa shape index (κ1) is 17.3. The first-order valence-corrected chi connectivity index (χ1v) is 9.47. The van der Waals surface area contributed by atoms with Crippen molar-refractivity contribution in [1.29, 1.82) is 0 Å². The van der Waals surface area contributed by atoms with Crippen LogP contribution in [0.4, 0.5) is 0 Å². The van der Waals surface area contributed by atoms with Crippen LogP contribution in [-0.4, -0.2) is 34.1 Å². The monoisotopic (exact) mass is 353 g/mol. The molecule has 0 unspecified atom stereocenters. The molecule has 3 heterocycles. The first-order chi connectivity index (χ1) is 12.5. The van der Waals surface area contributed by atoms with Gasteiger partial charge in [-0.2, -0.15) is 0 Å². The molecule has 1 saturated heterocycles. The zero-order chi connectivity index (χ0) is 18.3. The zero-order valence-electron chi connectivity index (χ0n) is 16.0. The third kappa shape index (κ3) is 3.16. The van der Waals surface area contributed by atoms with Gasteiger partial charge in [-0.3, -0.25) is 4.90 Å². The summed E-state index contributed by atoms with van der Waals surface area (Å²) in [5.74, 6) is 2.49. The summed E-state index contributed by atoms with van der Waals surface area (Å²) in [6, 6.07) is 7.29. The van der Waals surface area contributed by atoms with Crippen molar-refractivity contribution >= 4 is 0 Å². The Kier molecular flexibility index (Phi) is 4.57. The lowest BCUT2D eigenvalue weighted by Gasteiger charge is -2.35. The molecule has 0 spiro atoms. The van der Waals surface area contributed by atoms with Crippen molar-refractivity contribution in [2.75, 3.05) is 7.11 Å². The number of hydrogen-bond donors (Lipinski definition) is 0. The Morgan fingerprint density at radius 2 is 2.08 bits per heavy atom. The summed E-state index contributed by atoms with van der Waals surface area (Å²) in [6.45, 7) is 6.95. The Labute approximate surface area is 155 Å². The van der Waals surface area contributed by atoms with Crippen LogP contribution in [0, 0.1) is 6.92 Å². The summed E-state index contributed by atoms with van der Waals surface area (Å²) in [7, 11) is 1.70. The third-order valence-corrected chi connectivity index (χ3v) is 5.41. The minimum atomic E-state index is 0.132. The highest BCUT2D eigenvalue weighted by Gasteiger charge is 2.40. The molecule has 4 rings (SSSR count). The molecule has 2 aliphatic rings. The van der Waals surface area contributed by atoms with E-state index in [0.717, 1.165) is 30.3 Å². The van der Waals surface area contributed by atoms with Crippen molar-refractivity contribution in [3.63, 3.8) is 0 Å². The maximum atomic E-state index is 5.84. The SMILES string of the molecule is COc1cc(CN2[C@@H]3CC[C@H]2c2cnc(C)nc2C3)ccc1OC(C)C. The highest BCUT2D eigenvalue weighted by atomic mass is 16.5. The van der Waals surface area contributed by atoms with Crippen LogP contribution in [0.2, 0.25) is 0 Å². The largest absolute Gasteiger partial charge is 0.493 e. The van der Waals surface area contributed by atoms with E-state index in [-0.39, 0.29) is 6.10 Å². The van der Waals surface area contributed by atoms with Crippen molar-refractivity contribution in [2.45, 2.75) is 64.8 Å². The number of aryl methyl sites for hydroxylation is 1. The molecule has 1 aromatic carbocycles. The van der Waals surface area contributed by atoms with Crippen LogP contribution >= 0.6 is 0 Å². The molecule has 1 fully saturated rings. The van der Waals surface area contributed by atoms with Gasteiger partial charge in [0, 0.05) is 36.8 Å². The molecule has 0 radical (unpaired) electrons. The molecule has 2 aliphatic heterocycles. The Bertz CT molecular complexity index is 806. The molecule has 5 nitrogen and oxygen atoms in total. The number of aromatic nitrogens is 2. The molecule has 0 amide bonds. The predicted octanol–water partition coefficient (Wildman–Crippen LogP) is 3.84. The van der Waals surface area contributed by atoms with Crippen LogP contribution in [-0.2, 0) is 13.0 Å². The fourth-order valence-corrected chi connectivity index (χ4v) is 4.29. The Morgan fingerprint density at radius 3 is 2.85 bits per heavy atom. The highest BCUT2D eigenvalue weighted by Crippen LogP contribution is 2.44. The van der Waals surface area contributed by atoms with Crippen molar-refractivity contribution in [3.05, 3.63) is 47.0 Å². The molecule has 0 N–H and O–H groups in total. The Morgan fingerprint density at radius 1 is 1.23 bits per heavy atom. The van der Waals surface area contributed by atoms with E-state index < -0.39 is 0 Å². The molecule has 5 heteroatoms. The van der Waals surface area contributed by atoms with Gasteiger partial charge in [-0.05, 0) is 51.3 Å². The second kappa shape index (κ2) is 6.88.